The zero-order chi connectivity index (χ0) is 37.9. The van der Waals surface area contributed by atoms with E-state index >= 15 is 0 Å². The Bertz CT molecular complexity index is 3530. The van der Waals surface area contributed by atoms with Crippen LogP contribution in [0.15, 0.2) is 200 Å². The zero-order valence-corrected chi connectivity index (χ0v) is 31.3. The lowest BCUT2D eigenvalue weighted by atomic mass is 9.99. The molecule has 0 N–H and O–H groups in total. The van der Waals surface area contributed by atoms with Gasteiger partial charge in [0.25, 0.3) is 0 Å². The first kappa shape index (κ1) is 31.4. The summed E-state index contributed by atoms with van der Waals surface area (Å²) >= 11 is 0. The van der Waals surface area contributed by atoms with Gasteiger partial charge in [-0.25, -0.2) is 0 Å². The van der Waals surface area contributed by atoms with Crippen molar-refractivity contribution in [2.45, 2.75) is 0 Å². The molecule has 0 amide bonds. The largest absolute Gasteiger partial charge is 0.452 e. The van der Waals surface area contributed by atoms with Crippen molar-refractivity contribution >= 4 is 65.4 Å². The predicted octanol–water partition coefficient (Wildman–Crippen LogP) is 14.4. The van der Waals surface area contributed by atoms with Crippen LogP contribution in [0.5, 0.6) is 11.5 Å². The summed E-state index contributed by atoms with van der Waals surface area (Å²) in [6.07, 6.45) is 0. The van der Waals surface area contributed by atoms with Gasteiger partial charge in [-0.15, -0.1) is 0 Å². The first-order valence-electron chi connectivity index (χ1n) is 19.9. The highest BCUT2D eigenvalue weighted by Crippen LogP contribution is 2.50. The molecule has 4 nitrogen and oxygen atoms in total. The van der Waals surface area contributed by atoms with Crippen LogP contribution in [0.4, 0.5) is 0 Å². The van der Waals surface area contributed by atoms with Gasteiger partial charge in [-0.2, -0.15) is 0 Å². The standard InChI is InChI=1S/C54H33N3O/c1-5-19-45-40(12-1)41-13-2-6-20-46(41)55(45)36-30-26-34(27-31-36)38-16-9-23-49-52(38)44-18-11-25-51-53(44)57(49)50-24-10-17-39(54(50)58-51)35-28-32-37(33-29-35)56-47-21-7-3-14-42(47)43-15-4-8-22-48(43)56/h1-33H. The molecule has 0 saturated carbocycles. The minimum Gasteiger partial charge on any atom is -0.452 e. The number of para-hydroxylation sites is 6. The van der Waals surface area contributed by atoms with Crippen LogP contribution < -0.4 is 4.74 Å². The van der Waals surface area contributed by atoms with E-state index in [2.05, 4.69) is 214 Å². The van der Waals surface area contributed by atoms with E-state index in [1.54, 1.807) is 0 Å². The Morgan fingerprint density at radius 2 is 0.741 bits per heavy atom. The number of fused-ring (bicyclic) bond motifs is 11. The summed E-state index contributed by atoms with van der Waals surface area (Å²) in [5.74, 6) is 1.73. The van der Waals surface area contributed by atoms with Crippen molar-refractivity contribution in [3.63, 3.8) is 0 Å². The third-order valence-electron chi connectivity index (χ3n) is 12.3. The van der Waals surface area contributed by atoms with E-state index in [-0.39, 0.29) is 0 Å². The minimum absolute atomic E-state index is 0.864. The van der Waals surface area contributed by atoms with E-state index < -0.39 is 0 Å². The van der Waals surface area contributed by atoms with Crippen molar-refractivity contribution in [2.24, 2.45) is 0 Å². The molecule has 0 radical (unpaired) electrons. The molecule has 0 bridgehead atoms. The Kier molecular flexibility index (Phi) is 6.41. The van der Waals surface area contributed by atoms with Crippen LogP contribution in [0.25, 0.3) is 105 Å². The topological polar surface area (TPSA) is 24.0 Å². The summed E-state index contributed by atoms with van der Waals surface area (Å²) in [6, 6.07) is 72.3. The Hall–Kier alpha value is -7.82. The Morgan fingerprint density at radius 3 is 1.29 bits per heavy atom. The van der Waals surface area contributed by atoms with Crippen LogP contribution in [0, 0.1) is 0 Å². The third-order valence-corrected chi connectivity index (χ3v) is 12.3. The molecule has 4 heterocycles. The average molecular weight is 740 g/mol. The molecule has 4 heteroatoms. The Balaban J connectivity index is 0.934. The van der Waals surface area contributed by atoms with Crippen LogP contribution in [0.1, 0.15) is 0 Å². The second-order valence-electron chi connectivity index (χ2n) is 15.3. The van der Waals surface area contributed by atoms with E-state index in [4.69, 9.17) is 4.74 Å². The lowest BCUT2D eigenvalue weighted by molar-refractivity contribution is 0.478. The zero-order valence-electron chi connectivity index (χ0n) is 31.3. The summed E-state index contributed by atoms with van der Waals surface area (Å²) in [4.78, 5) is 0. The average Bonchev–Trinajstić information content (AvgIpc) is 3.94. The molecule has 12 aromatic rings. The first-order chi connectivity index (χ1) is 28.8. The second kappa shape index (κ2) is 11.8. The molecule has 58 heavy (non-hydrogen) atoms. The molecular formula is C54H33N3O. The fourth-order valence-corrected chi connectivity index (χ4v) is 9.78. The molecule has 9 aromatic carbocycles. The second-order valence-corrected chi connectivity index (χ2v) is 15.3. The number of hydrogen-bond acceptors (Lipinski definition) is 1. The lowest BCUT2D eigenvalue weighted by Crippen LogP contribution is -2.05. The van der Waals surface area contributed by atoms with Crippen LogP contribution >= 0.6 is 0 Å². The van der Waals surface area contributed by atoms with Gasteiger partial charge >= 0.3 is 0 Å². The maximum absolute atomic E-state index is 6.93. The number of rotatable bonds is 4. The fraction of sp³-hybridized carbons (Fsp3) is 0. The highest BCUT2D eigenvalue weighted by atomic mass is 16.5. The quantitative estimate of drug-likeness (QED) is 0.176. The molecule has 0 aliphatic carbocycles. The molecular weight excluding hydrogens is 707 g/mol. The van der Waals surface area contributed by atoms with Crippen molar-refractivity contribution in [1.29, 1.82) is 0 Å². The lowest BCUT2D eigenvalue weighted by Gasteiger charge is -2.23. The van der Waals surface area contributed by atoms with E-state index in [1.807, 2.05) is 0 Å². The van der Waals surface area contributed by atoms with Crippen LogP contribution in [-0.4, -0.2) is 13.7 Å². The molecule has 13 rings (SSSR count). The number of aromatic nitrogens is 3. The molecule has 270 valence electrons. The van der Waals surface area contributed by atoms with Gasteiger partial charge in [0, 0.05) is 49.3 Å². The van der Waals surface area contributed by atoms with E-state index in [9.17, 15) is 0 Å². The van der Waals surface area contributed by atoms with Crippen LogP contribution in [0.2, 0.25) is 0 Å². The summed E-state index contributed by atoms with van der Waals surface area (Å²) < 4.78 is 14.1. The highest BCUT2D eigenvalue weighted by Gasteiger charge is 2.27. The Labute approximate surface area is 333 Å². The van der Waals surface area contributed by atoms with E-state index in [1.165, 1.54) is 65.5 Å². The van der Waals surface area contributed by atoms with Gasteiger partial charge in [0.1, 0.15) is 0 Å². The van der Waals surface area contributed by atoms with Crippen molar-refractivity contribution in [2.75, 3.05) is 0 Å². The predicted molar refractivity (Wildman–Crippen MR) is 240 cm³/mol. The summed E-state index contributed by atoms with van der Waals surface area (Å²) in [5, 5.41) is 7.46. The molecule has 0 fully saturated rings. The van der Waals surface area contributed by atoms with Gasteiger partial charge < -0.3 is 18.4 Å². The third kappa shape index (κ3) is 4.29. The summed E-state index contributed by atoms with van der Waals surface area (Å²) in [6.45, 7) is 0. The molecule has 0 atom stereocenters. The van der Waals surface area contributed by atoms with Gasteiger partial charge in [-0.3, -0.25) is 0 Å². The molecule has 0 unspecified atom stereocenters. The molecule has 0 spiro atoms. The highest BCUT2D eigenvalue weighted by molar-refractivity contribution is 6.18. The molecule has 1 aliphatic heterocycles. The SMILES string of the molecule is c1cc(-c2ccc(-n3c4ccccc4c4ccccc43)cc2)c2c(c1)-n1c3cccc(-c4ccc(-n5c6ccccc6c6ccccc65)cc4)c3c3cccc(c31)O2. The van der Waals surface area contributed by atoms with Gasteiger partial charge in [0.05, 0.1) is 38.8 Å². The normalized spacial score (nSPS) is 12.3. The maximum atomic E-state index is 6.93. The summed E-state index contributed by atoms with van der Waals surface area (Å²) in [5.41, 5.74) is 15.0. The van der Waals surface area contributed by atoms with E-state index in [0.717, 1.165) is 50.7 Å². The van der Waals surface area contributed by atoms with Crippen molar-refractivity contribution in [3.05, 3.63) is 200 Å². The number of nitrogens with zero attached hydrogens (tertiary/aromatic N) is 3. The molecule has 3 aromatic heterocycles. The monoisotopic (exact) mass is 739 g/mol. The maximum Gasteiger partial charge on any atom is 0.159 e. The van der Waals surface area contributed by atoms with Crippen LogP contribution in [-0.2, 0) is 0 Å². The number of hydrogen-bond donors (Lipinski definition) is 0. The molecule has 1 aliphatic rings. The smallest absolute Gasteiger partial charge is 0.159 e. The number of ether oxygens (including phenoxy) is 1. The molecule has 0 saturated heterocycles. The van der Waals surface area contributed by atoms with E-state index in [0.29, 0.717) is 0 Å². The van der Waals surface area contributed by atoms with Crippen molar-refractivity contribution in [1.82, 2.24) is 13.7 Å². The number of benzene rings is 9. The van der Waals surface area contributed by atoms with Gasteiger partial charge in [0.2, 0.25) is 0 Å². The van der Waals surface area contributed by atoms with Gasteiger partial charge in [-0.1, -0.05) is 133 Å². The van der Waals surface area contributed by atoms with Crippen molar-refractivity contribution in [3.8, 4) is 50.8 Å². The Morgan fingerprint density at radius 1 is 0.310 bits per heavy atom. The van der Waals surface area contributed by atoms with Crippen molar-refractivity contribution < 1.29 is 4.74 Å². The van der Waals surface area contributed by atoms with Crippen LogP contribution in [0.3, 0.4) is 0 Å². The van der Waals surface area contributed by atoms with Gasteiger partial charge in [0.15, 0.2) is 11.5 Å². The van der Waals surface area contributed by atoms with Gasteiger partial charge in [-0.05, 0) is 83.4 Å². The summed E-state index contributed by atoms with van der Waals surface area (Å²) in [7, 11) is 0. The minimum atomic E-state index is 0.864. The fourth-order valence-electron chi connectivity index (χ4n) is 9.78. The first-order valence-corrected chi connectivity index (χ1v) is 19.9.